The Morgan fingerprint density at radius 3 is 2.61 bits per heavy atom. The third-order valence-electron chi connectivity index (χ3n) is 6.02. The van der Waals surface area contributed by atoms with E-state index in [4.69, 9.17) is 4.98 Å². The van der Waals surface area contributed by atoms with Crippen LogP contribution in [-0.4, -0.2) is 68.8 Å². The first-order chi connectivity index (χ1) is 15.7. The standard InChI is InChI=1S/C23H30N4O3S3/c1-16-9-10-17(2)21-20(16)24-23(32-21)27(13-12-25(3)4)22(28)18-7-5-11-26(15-18)33(29,30)19-8-6-14-31-19/h6,8-10,14,18H,5,7,11-13,15H2,1-4H3. The predicted octanol–water partition coefficient (Wildman–Crippen LogP) is 3.97. The van der Waals surface area contributed by atoms with Gasteiger partial charge >= 0.3 is 0 Å². The molecule has 4 rings (SSSR count). The van der Waals surface area contributed by atoms with E-state index in [1.165, 1.54) is 27.0 Å². The molecule has 1 atom stereocenters. The van der Waals surface area contributed by atoms with E-state index in [2.05, 4.69) is 19.1 Å². The van der Waals surface area contributed by atoms with Gasteiger partial charge in [-0.1, -0.05) is 29.5 Å². The smallest absolute Gasteiger partial charge is 0.252 e. The number of fused-ring (bicyclic) bond motifs is 1. The van der Waals surface area contributed by atoms with Gasteiger partial charge in [-0.05, 0) is 63.4 Å². The zero-order valence-corrected chi connectivity index (χ0v) is 21.9. The monoisotopic (exact) mass is 506 g/mol. The number of hydrogen-bond acceptors (Lipinski definition) is 7. The van der Waals surface area contributed by atoms with Crippen LogP contribution in [0, 0.1) is 19.8 Å². The number of thiophene rings is 1. The molecule has 0 bridgehead atoms. The van der Waals surface area contributed by atoms with E-state index < -0.39 is 10.0 Å². The van der Waals surface area contributed by atoms with Crippen LogP contribution < -0.4 is 4.90 Å². The van der Waals surface area contributed by atoms with Crippen molar-refractivity contribution < 1.29 is 13.2 Å². The van der Waals surface area contributed by atoms with Crippen LogP contribution in [0.15, 0.2) is 33.9 Å². The lowest BCUT2D eigenvalue weighted by Gasteiger charge is -2.33. The summed E-state index contributed by atoms with van der Waals surface area (Å²) in [6, 6.07) is 7.51. The molecule has 33 heavy (non-hydrogen) atoms. The topological polar surface area (TPSA) is 73.8 Å². The third-order valence-corrected chi connectivity index (χ3v) is 10.5. The number of benzene rings is 1. The fraction of sp³-hybridized carbons (Fsp3) is 0.478. The molecule has 0 radical (unpaired) electrons. The van der Waals surface area contributed by atoms with Gasteiger partial charge in [0.15, 0.2) is 5.13 Å². The van der Waals surface area contributed by atoms with Gasteiger partial charge in [-0.3, -0.25) is 9.69 Å². The quantitative estimate of drug-likeness (QED) is 0.485. The van der Waals surface area contributed by atoms with Gasteiger partial charge < -0.3 is 4.90 Å². The zero-order chi connectivity index (χ0) is 23.8. The summed E-state index contributed by atoms with van der Waals surface area (Å²) in [7, 11) is 0.382. The molecule has 1 unspecified atom stereocenters. The number of amides is 1. The van der Waals surface area contributed by atoms with Crippen molar-refractivity contribution in [1.82, 2.24) is 14.2 Å². The minimum Gasteiger partial charge on any atom is -0.308 e. The Labute approximate surface area is 203 Å². The number of aromatic nitrogens is 1. The Morgan fingerprint density at radius 2 is 1.94 bits per heavy atom. The molecule has 3 heterocycles. The van der Waals surface area contributed by atoms with Gasteiger partial charge in [0.1, 0.15) is 4.21 Å². The first-order valence-corrected chi connectivity index (χ1v) is 14.2. The third kappa shape index (κ3) is 5.00. The SMILES string of the molecule is Cc1ccc(C)c2sc(N(CCN(C)C)C(=O)C3CCCN(S(=O)(=O)c4cccs4)C3)nc12. The number of thiazole rings is 1. The number of rotatable bonds is 7. The average Bonchev–Trinajstić information content (AvgIpc) is 3.48. The Balaban J connectivity index is 1.63. The molecule has 10 heteroatoms. The van der Waals surface area contributed by atoms with E-state index in [-0.39, 0.29) is 18.4 Å². The minimum atomic E-state index is -3.57. The van der Waals surface area contributed by atoms with E-state index in [1.54, 1.807) is 22.4 Å². The molecule has 178 valence electrons. The highest BCUT2D eigenvalue weighted by Gasteiger charge is 2.36. The number of carbonyl (C=O) groups is 1. The second-order valence-corrected chi connectivity index (χ2v) is 12.9. The maximum atomic E-state index is 13.8. The first kappa shape index (κ1) is 24.3. The van der Waals surface area contributed by atoms with Crippen molar-refractivity contribution in [3.8, 4) is 0 Å². The summed E-state index contributed by atoms with van der Waals surface area (Å²) < 4.78 is 29.0. The largest absolute Gasteiger partial charge is 0.308 e. The van der Waals surface area contributed by atoms with Gasteiger partial charge in [0.2, 0.25) is 5.91 Å². The first-order valence-electron chi connectivity index (χ1n) is 11.0. The number of hydrogen-bond donors (Lipinski definition) is 0. The van der Waals surface area contributed by atoms with Crippen LogP contribution in [0.2, 0.25) is 0 Å². The van der Waals surface area contributed by atoms with E-state index >= 15 is 0 Å². The lowest BCUT2D eigenvalue weighted by molar-refractivity contribution is -0.123. The van der Waals surface area contributed by atoms with Crippen LogP contribution in [0.1, 0.15) is 24.0 Å². The van der Waals surface area contributed by atoms with E-state index in [9.17, 15) is 13.2 Å². The minimum absolute atomic E-state index is 0.0442. The van der Waals surface area contributed by atoms with Gasteiger partial charge in [0, 0.05) is 26.2 Å². The summed E-state index contributed by atoms with van der Waals surface area (Å²) in [5, 5.41) is 2.45. The maximum Gasteiger partial charge on any atom is 0.252 e. The Kier molecular flexibility index (Phi) is 7.20. The van der Waals surface area contributed by atoms with Crippen LogP contribution in [0.25, 0.3) is 10.2 Å². The van der Waals surface area contributed by atoms with Gasteiger partial charge in [-0.2, -0.15) is 4.31 Å². The lowest BCUT2D eigenvalue weighted by atomic mass is 9.98. The molecule has 0 spiro atoms. The Morgan fingerprint density at radius 1 is 1.18 bits per heavy atom. The van der Waals surface area contributed by atoms with E-state index in [0.717, 1.165) is 21.3 Å². The second kappa shape index (κ2) is 9.79. The molecule has 1 aliphatic heterocycles. The number of anilines is 1. The predicted molar refractivity (Wildman–Crippen MR) is 136 cm³/mol. The van der Waals surface area contributed by atoms with E-state index in [1.807, 2.05) is 25.9 Å². The van der Waals surface area contributed by atoms with Gasteiger partial charge in [0.05, 0.1) is 16.1 Å². The molecule has 1 aliphatic rings. The van der Waals surface area contributed by atoms with Crippen molar-refractivity contribution in [1.29, 1.82) is 0 Å². The maximum absolute atomic E-state index is 13.8. The molecule has 1 amide bonds. The number of likely N-dealkylation sites (N-methyl/N-ethyl adjacent to an activating group) is 1. The van der Waals surface area contributed by atoms with Crippen LogP contribution in [0.3, 0.4) is 0 Å². The van der Waals surface area contributed by atoms with E-state index in [0.29, 0.717) is 41.8 Å². The summed E-state index contributed by atoms with van der Waals surface area (Å²) in [6.07, 6.45) is 1.34. The van der Waals surface area contributed by atoms with Gasteiger partial charge in [-0.15, -0.1) is 11.3 Å². The molecular weight excluding hydrogens is 476 g/mol. The summed E-state index contributed by atoms with van der Waals surface area (Å²) >= 11 is 2.75. The summed E-state index contributed by atoms with van der Waals surface area (Å²) in [4.78, 5) is 22.4. The van der Waals surface area contributed by atoms with Crippen molar-refractivity contribution in [2.75, 3.05) is 45.2 Å². The second-order valence-electron chi connectivity index (χ2n) is 8.80. The van der Waals surface area contributed by atoms with Crippen LogP contribution in [0.4, 0.5) is 5.13 Å². The van der Waals surface area contributed by atoms with Gasteiger partial charge in [-0.25, -0.2) is 13.4 Å². The molecule has 1 saturated heterocycles. The van der Waals surface area contributed by atoms with Crippen molar-refractivity contribution in [3.63, 3.8) is 0 Å². The molecule has 2 aromatic heterocycles. The number of nitrogens with zero attached hydrogens (tertiary/aromatic N) is 4. The van der Waals surface area contributed by atoms with Crippen LogP contribution >= 0.6 is 22.7 Å². The number of carbonyl (C=O) groups excluding carboxylic acids is 1. The molecular formula is C23H30N4O3S3. The van der Waals surface area contributed by atoms with Crippen molar-refractivity contribution in [2.24, 2.45) is 5.92 Å². The van der Waals surface area contributed by atoms with Crippen LogP contribution in [-0.2, 0) is 14.8 Å². The fourth-order valence-electron chi connectivity index (χ4n) is 4.08. The highest BCUT2D eigenvalue weighted by Crippen LogP contribution is 2.35. The molecule has 0 N–H and O–H groups in total. The number of sulfonamides is 1. The summed E-state index contributed by atoms with van der Waals surface area (Å²) in [5.74, 6) is -0.429. The fourth-order valence-corrected chi connectivity index (χ4v) is 7.90. The number of piperidine rings is 1. The zero-order valence-electron chi connectivity index (χ0n) is 19.4. The Bertz CT molecular complexity index is 1200. The molecule has 7 nitrogen and oxygen atoms in total. The molecule has 3 aromatic rings. The highest BCUT2D eigenvalue weighted by molar-refractivity contribution is 7.91. The molecule has 1 fully saturated rings. The van der Waals surface area contributed by atoms with Crippen molar-refractivity contribution in [2.45, 2.75) is 30.9 Å². The van der Waals surface area contributed by atoms with Gasteiger partial charge in [0.25, 0.3) is 10.0 Å². The van der Waals surface area contributed by atoms with Crippen LogP contribution in [0.5, 0.6) is 0 Å². The summed E-state index contributed by atoms with van der Waals surface area (Å²) in [6.45, 7) is 5.96. The average molecular weight is 507 g/mol. The van der Waals surface area contributed by atoms with Crippen molar-refractivity contribution >= 4 is 54.0 Å². The Hall–Kier alpha value is -1.85. The summed E-state index contributed by atoms with van der Waals surface area (Å²) in [5.41, 5.74) is 3.16. The highest BCUT2D eigenvalue weighted by atomic mass is 32.2. The number of aryl methyl sites for hydroxylation is 2. The van der Waals surface area contributed by atoms with Crippen molar-refractivity contribution in [3.05, 3.63) is 40.8 Å². The molecule has 1 aromatic carbocycles. The molecule has 0 aliphatic carbocycles. The lowest BCUT2D eigenvalue weighted by Crippen LogP contribution is -2.48. The molecule has 0 saturated carbocycles. The normalized spacial score (nSPS) is 17.7.